The van der Waals surface area contributed by atoms with Crippen LogP contribution in [0.2, 0.25) is 0 Å². The molecule has 1 heterocycles. The Labute approximate surface area is 84.5 Å². The number of benzene rings is 1. The van der Waals surface area contributed by atoms with Crippen LogP contribution >= 0.6 is 0 Å². The van der Waals surface area contributed by atoms with Gasteiger partial charge < -0.3 is 11.1 Å². The number of fused-ring (bicyclic) bond motifs is 2. The zero-order chi connectivity index (χ0) is 9.60. The molecular formula is C12H16N2. The van der Waals surface area contributed by atoms with Crippen LogP contribution in [0.1, 0.15) is 18.4 Å². The van der Waals surface area contributed by atoms with E-state index in [4.69, 9.17) is 5.73 Å². The summed E-state index contributed by atoms with van der Waals surface area (Å²) >= 11 is 0. The molecule has 0 amide bonds. The van der Waals surface area contributed by atoms with E-state index in [9.17, 15) is 0 Å². The number of nitrogens with one attached hydrogen (secondary N) is 1. The molecule has 1 aliphatic heterocycles. The Bertz CT molecular complexity index is 361. The molecule has 0 saturated heterocycles. The molecule has 1 aromatic carbocycles. The molecule has 0 radical (unpaired) electrons. The molecule has 1 saturated carbocycles. The van der Waals surface area contributed by atoms with Crippen molar-refractivity contribution in [3.05, 3.63) is 29.8 Å². The predicted molar refractivity (Wildman–Crippen MR) is 58.4 cm³/mol. The fourth-order valence-corrected chi connectivity index (χ4v) is 2.95. The molecule has 2 atom stereocenters. The molecule has 1 spiro atoms. The van der Waals surface area contributed by atoms with Gasteiger partial charge in [0.05, 0.1) is 0 Å². The van der Waals surface area contributed by atoms with Crippen molar-refractivity contribution in [1.29, 1.82) is 0 Å². The molecule has 3 rings (SSSR count). The standard InChI is InChI=1S/C12H16N2/c13-8-9-7-12(9)5-6-14-11-4-2-1-3-10(11)12/h1-4,9,14H,5-8,13H2. The lowest BCUT2D eigenvalue weighted by Crippen LogP contribution is -2.25. The van der Waals surface area contributed by atoms with Gasteiger partial charge in [0.2, 0.25) is 0 Å². The molecule has 2 unspecified atom stereocenters. The maximum absolute atomic E-state index is 5.78. The second-order valence-corrected chi connectivity index (χ2v) is 4.52. The average molecular weight is 188 g/mol. The predicted octanol–water partition coefficient (Wildman–Crippen LogP) is 1.72. The highest BCUT2D eigenvalue weighted by molar-refractivity contribution is 5.59. The van der Waals surface area contributed by atoms with Crippen molar-refractivity contribution in [3.8, 4) is 0 Å². The second kappa shape index (κ2) is 2.74. The van der Waals surface area contributed by atoms with E-state index in [0.29, 0.717) is 5.41 Å². The Morgan fingerprint density at radius 3 is 3.07 bits per heavy atom. The summed E-state index contributed by atoms with van der Waals surface area (Å²) in [5.74, 6) is 0.728. The lowest BCUT2D eigenvalue weighted by atomic mass is 9.86. The van der Waals surface area contributed by atoms with E-state index in [0.717, 1.165) is 19.0 Å². The van der Waals surface area contributed by atoms with Crippen molar-refractivity contribution in [2.75, 3.05) is 18.4 Å². The monoisotopic (exact) mass is 188 g/mol. The number of nitrogens with two attached hydrogens (primary N) is 1. The number of anilines is 1. The maximum atomic E-state index is 5.78. The van der Waals surface area contributed by atoms with Crippen LogP contribution in [0.3, 0.4) is 0 Å². The largest absolute Gasteiger partial charge is 0.385 e. The van der Waals surface area contributed by atoms with Crippen molar-refractivity contribution >= 4 is 5.69 Å². The fraction of sp³-hybridized carbons (Fsp3) is 0.500. The van der Waals surface area contributed by atoms with Crippen molar-refractivity contribution < 1.29 is 0 Å². The lowest BCUT2D eigenvalue weighted by molar-refractivity contribution is 0.559. The number of hydrogen-bond acceptors (Lipinski definition) is 2. The van der Waals surface area contributed by atoms with Crippen molar-refractivity contribution in [3.63, 3.8) is 0 Å². The zero-order valence-electron chi connectivity index (χ0n) is 8.29. The highest BCUT2D eigenvalue weighted by Gasteiger charge is 2.55. The SMILES string of the molecule is NCC1CC12CCNc1ccccc12. The smallest absolute Gasteiger partial charge is 0.0378 e. The quantitative estimate of drug-likeness (QED) is 0.704. The Kier molecular flexibility index (Phi) is 1.62. The Balaban J connectivity index is 2.05. The molecule has 0 aromatic heterocycles. The summed E-state index contributed by atoms with van der Waals surface area (Å²) in [7, 11) is 0. The minimum absolute atomic E-state index is 0.441. The molecule has 2 heteroatoms. The third-order valence-corrected chi connectivity index (χ3v) is 3.87. The highest BCUT2D eigenvalue weighted by atomic mass is 14.9. The van der Waals surface area contributed by atoms with Crippen LogP contribution in [-0.4, -0.2) is 13.1 Å². The van der Waals surface area contributed by atoms with E-state index in [1.165, 1.54) is 24.1 Å². The van der Waals surface area contributed by atoms with E-state index in [1.807, 2.05) is 0 Å². The maximum Gasteiger partial charge on any atom is 0.0378 e. The minimum Gasteiger partial charge on any atom is -0.385 e. The Morgan fingerprint density at radius 2 is 2.29 bits per heavy atom. The van der Waals surface area contributed by atoms with Crippen LogP contribution < -0.4 is 11.1 Å². The second-order valence-electron chi connectivity index (χ2n) is 4.52. The van der Waals surface area contributed by atoms with Gasteiger partial charge in [-0.2, -0.15) is 0 Å². The zero-order valence-corrected chi connectivity index (χ0v) is 8.29. The molecule has 74 valence electrons. The van der Waals surface area contributed by atoms with Crippen LogP contribution in [0.5, 0.6) is 0 Å². The fourth-order valence-electron chi connectivity index (χ4n) is 2.95. The first-order valence-electron chi connectivity index (χ1n) is 5.40. The molecule has 0 bridgehead atoms. The summed E-state index contributed by atoms with van der Waals surface area (Å²) in [4.78, 5) is 0. The normalized spacial score (nSPS) is 33.6. The third kappa shape index (κ3) is 0.947. The molecule has 3 N–H and O–H groups in total. The van der Waals surface area contributed by atoms with Crippen LogP contribution in [0, 0.1) is 5.92 Å². The summed E-state index contributed by atoms with van der Waals surface area (Å²) in [5.41, 5.74) is 9.05. The molecular weight excluding hydrogens is 172 g/mol. The molecule has 1 aliphatic carbocycles. The van der Waals surface area contributed by atoms with Gasteiger partial charge in [0.1, 0.15) is 0 Å². The van der Waals surface area contributed by atoms with E-state index >= 15 is 0 Å². The van der Waals surface area contributed by atoms with Crippen LogP contribution in [0.15, 0.2) is 24.3 Å². The third-order valence-electron chi connectivity index (χ3n) is 3.87. The van der Waals surface area contributed by atoms with Crippen LogP contribution in [0.25, 0.3) is 0 Å². The van der Waals surface area contributed by atoms with E-state index in [2.05, 4.69) is 29.6 Å². The summed E-state index contributed by atoms with van der Waals surface area (Å²) in [6, 6.07) is 8.68. The van der Waals surface area contributed by atoms with Gasteiger partial charge in [-0.05, 0) is 36.9 Å². The first-order chi connectivity index (χ1) is 6.87. The summed E-state index contributed by atoms with van der Waals surface area (Å²) in [6.07, 6.45) is 2.55. The average Bonchev–Trinajstić information content (AvgIpc) is 2.94. The Morgan fingerprint density at radius 1 is 1.43 bits per heavy atom. The number of hydrogen-bond donors (Lipinski definition) is 2. The van der Waals surface area contributed by atoms with Gasteiger partial charge in [0.25, 0.3) is 0 Å². The van der Waals surface area contributed by atoms with Gasteiger partial charge in [0.15, 0.2) is 0 Å². The molecule has 1 fully saturated rings. The summed E-state index contributed by atoms with van der Waals surface area (Å²) in [5, 5.41) is 3.46. The van der Waals surface area contributed by atoms with Crippen molar-refractivity contribution in [1.82, 2.24) is 0 Å². The summed E-state index contributed by atoms with van der Waals surface area (Å²) in [6.45, 7) is 1.95. The van der Waals surface area contributed by atoms with Crippen LogP contribution in [-0.2, 0) is 5.41 Å². The first kappa shape index (κ1) is 8.30. The summed E-state index contributed by atoms with van der Waals surface area (Å²) < 4.78 is 0. The topological polar surface area (TPSA) is 38.0 Å². The lowest BCUT2D eigenvalue weighted by Gasteiger charge is -2.27. The van der Waals surface area contributed by atoms with E-state index in [1.54, 1.807) is 0 Å². The van der Waals surface area contributed by atoms with Gasteiger partial charge in [0, 0.05) is 17.6 Å². The molecule has 2 aliphatic rings. The molecule has 2 nitrogen and oxygen atoms in total. The molecule has 14 heavy (non-hydrogen) atoms. The van der Waals surface area contributed by atoms with Crippen molar-refractivity contribution in [2.24, 2.45) is 11.7 Å². The number of para-hydroxylation sites is 1. The highest BCUT2D eigenvalue weighted by Crippen LogP contribution is 2.59. The van der Waals surface area contributed by atoms with Gasteiger partial charge in [-0.3, -0.25) is 0 Å². The Hall–Kier alpha value is -1.02. The van der Waals surface area contributed by atoms with Crippen LogP contribution in [0.4, 0.5) is 5.69 Å². The molecule has 1 aromatic rings. The first-order valence-corrected chi connectivity index (χ1v) is 5.40. The van der Waals surface area contributed by atoms with Gasteiger partial charge >= 0.3 is 0 Å². The van der Waals surface area contributed by atoms with E-state index in [-0.39, 0.29) is 0 Å². The van der Waals surface area contributed by atoms with Gasteiger partial charge in [-0.15, -0.1) is 0 Å². The van der Waals surface area contributed by atoms with Crippen molar-refractivity contribution in [2.45, 2.75) is 18.3 Å². The van der Waals surface area contributed by atoms with E-state index < -0.39 is 0 Å². The van der Waals surface area contributed by atoms with Gasteiger partial charge in [-0.1, -0.05) is 18.2 Å². The minimum atomic E-state index is 0.441. The van der Waals surface area contributed by atoms with Gasteiger partial charge in [-0.25, -0.2) is 0 Å². The number of rotatable bonds is 1.